The summed E-state index contributed by atoms with van der Waals surface area (Å²) in [5, 5.41) is 1.50. The normalized spacial score (nSPS) is 18.9. The van der Waals surface area contributed by atoms with E-state index >= 15 is 0 Å². The van der Waals surface area contributed by atoms with Gasteiger partial charge in [-0.3, -0.25) is 14.5 Å². The fraction of sp³-hybridized carbons (Fsp3) is 0.115. The number of hydrogen-bond donors (Lipinski definition) is 0. The van der Waals surface area contributed by atoms with Crippen molar-refractivity contribution >= 4 is 57.4 Å². The number of ketones is 1. The van der Waals surface area contributed by atoms with Gasteiger partial charge >= 0.3 is 0 Å². The molecule has 2 heterocycles. The van der Waals surface area contributed by atoms with Crippen molar-refractivity contribution in [2.45, 2.75) is 18.7 Å². The summed E-state index contributed by atoms with van der Waals surface area (Å²) in [6, 6.07) is 23.1. The Morgan fingerprint density at radius 3 is 2.39 bits per heavy atom. The van der Waals surface area contributed by atoms with E-state index in [-0.39, 0.29) is 11.7 Å². The second-order valence-electron chi connectivity index (χ2n) is 7.84. The lowest BCUT2D eigenvalue weighted by molar-refractivity contribution is -0.113. The van der Waals surface area contributed by atoms with Crippen molar-refractivity contribution in [3.63, 3.8) is 0 Å². The van der Waals surface area contributed by atoms with Crippen molar-refractivity contribution in [3.05, 3.63) is 93.9 Å². The first kappa shape index (κ1) is 21.6. The van der Waals surface area contributed by atoms with Crippen LogP contribution in [0.25, 0.3) is 0 Å². The van der Waals surface area contributed by atoms with Crippen molar-refractivity contribution in [2.75, 3.05) is 16.8 Å². The molecule has 2 aliphatic rings. The van der Waals surface area contributed by atoms with Crippen LogP contribution in [-0.2, 0) is 4.79 Å². The van der Waals surface area contributed by atoms with Gasteiger partial charge in [-0.15, -0.1) is 0 Å². The zero-order chi connectivity index (χ0) is 23.1. The van der Waals surface area contributed by atoms with Crippen LogP contribution in [0.1, 0.15) is 22.8 Å². The molecule has 164 valence electrons. The molecule has 1 fully saturated rings. The number of amides is 1. The Kier molecular flexibility index (Phi) is 5.60. The van der Waals surface area contributed by atoms with Crippen molar-refractivity contribution in [1.29, 1.82) is 0 Å². The Hall–Kier alpha value is -3.29. The minimum absolute atomic E-state index is 0.00823. The van der Waals surface area contributed by atoms with Gasteiger partial charge in [0.05, 0.1) is 22.1 Å². The van der Waals surface area contributed by atoms with Crippen molar-refractivity contribution in [3.8, 4) is 0 Å². The first-order valence-electron chi connectivity index (χ1n) is 10.5. The van der Waals surface area contributed by atoms with Gasteiger partial charge in [-0.05, 0) is 79.7 Å². The number of anilines is 2. The average Bonchev–Trinajstić information content (AvgIpc) is 3.30. The van der Waals surface area contributed by atoms with Crippen LogP contribution >= 0.6 is 23.5 Å². The molecule has 1 amide bonds. The van der Waals surface area contributed by atoms with Gasteiger partial charge in [0, 0.05) is 17.5 Å². The number of carbonyl (C=O) groups is 2. The maximum Gasteiger partial charge on any atom is 0.274 e. The monoisotopic (exact) mass is 471 g/mol. The minimum atomic E-state index is -0.0909. The fourth-order valence-corrected chi connectivity index (χ4v) is 6.10. The molecule has 0 N–H and O–H groups in total. The molecule has 0 bridgehead atoms. The standard InChI is InChI=1S/C26H21N3O2S2/c1-16-7-6-8-20(15-16)29-24(31)23(25-28(3)21-9-4-5-10-22(21)32-25)33-26(29)27-19-13-11-18(12-14-19)17(2)30/h4-15H,1-3H3. The van der Waals surface area contributed by atoms with E-state index in [1.807, 2.05) is 50.4 Å². The molecule has 1 saturated heterocycles. The van der Waals surface area contributed by atoms with E-state index in [1.54, 1.807) is 40.9 Å². The number of thioether (sulfide) groups is 2. The lowest BCUT2D eigenvalue weighted by atomic mass is 10.1. The Balaban J connectivity index is 1.60. The van der Waals surface area contributed by atoms with Crippen LogP contribution < -0.4 is 9.80 Å². The first-order chi connectivity index (χ1) is 15.9. The van der Waals surface area contributed by atoms with Crippen LogP contribution in [-0.4, -0.2) is 23.9 Å². The van der Waals surface area contributed by atoms with E-state index in [0.717, 1.165) is 26.9 Å². The fourth-order valence-electron chi connectivity index (χ4n) is 3.75. The third-order valence-electron chi connectivity index (χ3n) is 5.47. The highest BCUT2D eigenvalue weighted by atomic mass is 32.2. The third kappa shape index (κ3) is 3.98. The smallest absolute Gasteiger partial charge is 0.274 e. The number of para-hydroxylation sites is 1. The van der Waals surface area contributed by atoms with E-state index in [9.17, 15) is 9.59 Å². The number of Topliss-reactive ketones (excluding diaryl/α,β-unsaturated/α-hetero) is 1. The molecule has 3 aromatic rings. The molecule has 0 spiro atoms. The predicted molar refractivity (Wildman–Crippen MR) is 138 cm³/mol. The number of amidine groups is 1. The van der Waals surface area contributed by atoms with Crippen molar-refractivity contribution in [2.24, 2.45) is 4.99 Å². The second kappa shape index (κ2) is 8.57. The summed E-state index contributed by atoms with van der Waals surface area (Å²) in [6.07, 6.45) is 0. The average molecular weight is 472 g/mol. The summed E-state index contributed by atoms with van der Waals surface area (Å²) in [5.74, 6) is -0.0826. The lowest BCUT2D eigenvalue weighted by Gasteiger charge is -2.17. The van der Waals surface area contributed by atoms with E-state index in [1.165, 1.54) is 18.7 Å². The van der Waals surface area contributed by atoms with E-state index in [2.05, 4.69) is 17.0 Å². The van der Waals surface area contributed by atoms with E-state index in [0.29, 0.717) is 21.3 Å². The summed E-state index contributed by atoms with van der Waals surface area (Å²) < 4.78 is 0. The van der Waals surface area contributed by atoms with Crippen LogP contribution in [0.5, 0.6) is 0 Å². The molecule has 0 saturated carbocycles. The zero-order valence-corrected chi connectivity index (χ0v) is 20.0. The summed E-state index contributed by atoms with van der Waals surface area (Å²) in [4.78, 5) is 35.7. The molecule has 0 aromatic heterocycles. The number of aliphatic imine (C=N–C) groups is 1. The van der Waals surface area contributed by atoms with Gasteiger partial charge in [0.15, 0.2) is 11.0 Å². The predicted octanol–water partition coefficient (Wildman–Crippen LogP) is 6.38. The topological polar surface area (TPSA) is 53.0 Å². The molecular weight excluding hydrogens is 450 g/mol. The first-order valence-corrected chi connectivity index (χ1v) is 12.1. The Labute approximate surface area is 201 Å². The Bertz CT molecular complexity index is 1350. The molecule has 0 aliphatic carbocycles. The summed E-state index contributed by atoms with van der Waals surface area (Å²) in [6.45, 7) is 3.54. The zero-order valence-electron chi connectivity index (χ0n) is 18.4. The number of aryl methyl sites for hydroxylation is 1. The molecule has 2 aliphatic heterocycles. The van der Waals surface area contributed by atoms with Gasteiger partial charge in [-0.1, -0.05) is 36.0 Å². The molecule has 7 heteroatoms. The van der Waals surface area contributed by atoms with E-state index in [4.69, 9.17) is 4.99 Å². The molecule has 33 heavy (non-hydrogen) atoms. The van der Waals surface area contributed by atoms with Crippen molar-refractivity contribution in [1.82, 2.24) is 0 Å². The third-order valence-corrected chi connectivity index (χ3v) is 7.87. The molecule has 0 unspecified atom stereocenters. The molecule has 5 rings (SSSR count). The van der Waals surface area contributed by atoms with Crippen LogP contribution in [0, 0.1) is 6.92 Å². The number of nitrogens with zero attached hydrogens (tertiary/aromatic N) is 3. The van der Waals surface area contributed by atoms with Gasteiger partial charge in [-0.2, -0.15) is 0 Å². The van der Waals surface area contributed by atoms with Gasteiger partial charge in [-0.25, -0.2) is 4.99 Å². The maximum absolute atomic E-state index is 13.7. The number of carbonyl (C=O) groups excluding carboxylic acids is 2. The highest BCUT2D eigenvalue weighted by molar-refractivity contribution is 8.20. The number of rotatable bonds is 3. The highest BCUT2D eigenvalue weighted by Crippen LogP contribution is 2.50. The van der Waals surface area contributed by atoms with Crippen LogP contribution in [0.15, 0.2) is 92.6 Å². The molecule has 0 radical (unpaired) electrons. The quantitative estimate of drug-likeness (QED) is 0.328. The molecule has 5 nitrogen and oxygen atoms in total. The lowest BCUT2D eigenvalue weighted by Crippen LogP contribution is -2.29. The summed E-state index contributed by atoms with van der Waals surface area (Å²) in [5.41, 5.74) is 4.26. The number of benzene rings is 3. The SMILES string of the molecule is CC(=O)c1ccc(N=C2SC(=C3Sc4ccccc4N3C)C(=O)N2c2cccc(C)c2)cc1. The van der Waals surface area contributed by atoms with E-state index < -0.39 is 0 Å². The minimum Gasteiger partial charge on any atom is -0.337 e. The highest BCUT2D eigenvalue weighted by Gasteiger charge is 2.40. The van der Waals surface area contributed by atoms with Crippen LogP contribution in [0.2, 0.25) is 0 Å². The summed E-state index contributed by atoms with van der Waals surface area (Å²) >= 11 is 2.98. The molecular formula is C26H21N3O2S2. The molecule has 0 atom stereocenters. The number of hydrogen-bond acceptors (Lipinski definition) is 6. The Morgan fingerprint density at radius 1 is 0.939 bits per heavy atom. The van der Waals surface area contributed by atoms with Gasteiger partial charge < -0.3 is 4.90 Å². The number of fused-ring (bicyclic) bond motifs is 1. The Morgan fingerprint density at radius 2 is 1.70 bits per heavy atom. The van der Waals surface area contributed by atoms with Crippen LogP contribution in [0.3, 0.4) is 0 Å². The van der Waals surface area contributed by atoms with Gasteiger partial charge in [0.25, 0.3) is 5.91 Å². The van der Waals surface area contributed by atoms with Crippen molar-refractivity contribution < 1.29 is 9.59 Å². The van der Waals surface area contributed by atoms with Crippen LogP contribution in [0.4, 0.5) is 17.1 Å². The maximum atomic E-state index is 13.7. The largest absolute Gasteiger partial charge is 0.337 e. The van der Waals surface area contributed by atoms with Gasteiger partial charge in [0.1, 0.15) is 4.91 Å². The second-order valence-corrected chi connectivity index (χ2v) is 9.85. The molecule has 3 aromatic carbocycles. The van der Waals surface area contributed by atoms with Gasteiger partial charge in [0.2, 0.25) is 0 Å². The summed E-state index contributed by atoms with van der Waals surface area (Å²) in [7, 11) is 1.99.